The second-order valence-corrected chi connectivity index (χ2v) is 10.1. The Morgan fingerprint density at radius 3 is 2.42 bits per heavy atom. The maximum absolute atomic E-state index is 13.2. The first kappa shape index (κ1) is 21.8. The number of fused-ring (bicyclic) bond motifs is 1. The van der Waals surface area contributed by atoms with Crippen LogP contribution in [0.1, 0.15) is 41.6 Å². The van der Waals surface area contributed by atoms with Crippen LogP contribution in [0, 0.1) is 0 Å². The minimum Gasteiger partial charge on any atom is -0.348 e. The number of rotatable bonds is 5. The molecule has 3 aromatic carbocycles. The number of benzene rings is 3. The van der Waals surface area contributed by atoms with E-state index in [2.05, 4.69) is 5.32 Å². The van der Waals surface area contributed by atoms with Crippen LogP contribution < -0.4 is 5.32 Å². The van der Waals surface area contributed by atoms with Crippen LogP contribution in [0.25, 0.3) is 10.8 Å². The molecular weight excluding hydrogens is 432 g/mol. The third kappa shape index (κ3) is 4.76. The van der Waals surface area contributed by atoms with Gasteiger partial charge in [-0.25, -0.2) is 8.42 Å². The fourth-order valence-electron chi connectivity index (χ4n) is 3.99. The average Bonchev–Trinajstić information content (AvgIpc) is 3.08. The minimum atomic E-state index is -3.75. The predicted molar refractivity (Wildman–Crippen MR) is 124 cm³/mol. The zero-order valence-corrected chi connectivity index (χ0v) is 18.8. The van der Waals surface area contributed by atoms with Crippen LogP contribution in [-0.2, 0) is 16.6 Å². The van der Waals surface area contributed by atoms with Gasteiger partial charge < -0.3 is 5.32 Å². The van der Waals surface area contributed by atoms with Gasteiger partial charge in [0, 0.05) is 25.2 Å². The molecule has 1 amide bonds. The number of nitrogens with one attached hydrogen (secondary N) is 1. The van der Waals surface area contributed by atoms with Crippen molar-refractivity contribution in [2.75, 3.05) is 13.1 Å². The lowest BCUT2D eigenvalue weighted by atomic mass is 10.0. The summed E-state index contributed by atoms with van der Waals surface area (Å²) >= 11 is 6.25. The molecule has 5 nitrogen and oxygen atoms in total. The summed E-state index contributed by atoms with van der Waals surface area (Å²) in [6, 6.07) is 18.4. The molecule has 0 aliphatic carbocycles. The second-order valence-electron chi connectivity index (χ2n) is 7.78. The van der Waals surface area contributed by atoms with Gasteiger partial charge >= 0.3 is 0 Å². The van der Waals surface area contributed by atoms with Crippen molar-refractivity contribution < 1.29 is 13.2 Å². The van der Waals surface area contributed by atoms with Gasteiger partial charge in [-0.05, 0) is 47.4 Å². The summed E-state index contributed by atoms with van der Waals surface area (Å²) in [4.78, 5) is 12.8. The third-order valence-electron chi connectivity index (χ3n) is 5.70. The number of carbonyl (C=O) groups is 1. The van der Waals surface area contributed by atoms with Gasteiger partial charge in [-0.3, -0.25) is 4.79 Å². The highest BCUT2D eigenvalue weighted by Gasteiger charge is 2.28. The lowest BCUT2D eigenvalue weighted by Crippen LogP contribution is -2.32. The van der Waals surface area contributed by atoms with E-state index in [-0.39, 0.29) is 21.4 Å². The number of nitrogens with zero attached hydrogens (tertiary/aromatic N) is 1. The Bertz CT molecular complexity index is 1200. The predicted octanol–water partition coefficient (Wildman–Crippen LogP) is 4.99. The van der Waals surface area contributed by atoms with E-state index in [1.807, 2.05) is 42.5 Å². The van der Waals surface area contributed by atoms with Gasteiger partial charge in [-0.2, -0.15) is 4.31 Å². The molecule has 0 bridgehead atoms. The van der Waals surface area contributed by atoms with Gasteiger partial charge in [-0.1, -0.05) is 66.9 Å². The summed E-state index contributed by atoms with van der Waals surface area (Å²) in [7, 11) is -3.75. The molecule has 31 heavy (non-hydrogen) atoms. The van der Waals surface area contributed by atoms with Gasteiger partial charge in [0.2, 0.25) is 10.0 Å². The average molecular weight is 457 g/mol. The Morgan fingerprint density at radius 1 is 0.935 bits per heavy atom. The molecule has 0 unspecified atom stereocenters. The third-order valence-corrected chi connectivity index (χ3v) is 8.08. The molecule has 0 spiro atoms. The fraction of sp³-hybridized carbons (Fsp3) is 0.292. The van der Waals surface area contributed by atoms with E-state index in [4.69, 9.17) is 11.6 Å². The number of hydrogen-bond acceptors (Lipinski definition) is 3. The number of carbonyl (C=O) groups excluding carboxylic acids is 1. The van der Waals surface area contributed by atoms with Crippen LogP contribution in [0.4, 0.5) is 0 Å². The van der Waals surface area contributed by atoms with Crippen molar-refractivity contribution >= 4 is 38.3 Å². The van der Waals surface area contributed by atoms with Crippen molar-refractivity contribution in [1.82, 2.24) is 9.62 Å². The van der Waals surface area contributed by atoms with E-state index in [0.29, 0.717) is 19.6 Å². The molecule has 0 saturated carbocycles. The first-order chi connectivity index (χ1) is 15.0. The van der Waals surface area contributed by atoms with Crippen LogP contribution in [-0.4, -0.2) is 31.7 Å². The topological polar surface area (TPSA) is 66.5 Å². The van der Waals surface area contributed by atoms with Crippen molar-refractivity contribution in [3.05, 3.63) is 76.8 Å². The fourth-order valence-corrected chi connectivity index (χ4v) is 6.01. The highest BCUT2D eigenvalue weighted by atomic mass is 35.5. The van der Waals surface area contributed by atoms with Crippen LogP contribution in [0.5, 0.6) is 0 Å². The number of sulfonamides is 1. The highest BCUT2D eigenvalue weighted by Crippen LogP contribution is 2.28. The number of hydrogen-bond donors (Lipinski definition) is 1. The summed E-state index contributed by atoms with van der Waals surface area (Å²) in [5.41, 5.74) is 1.27. The van der Waals surface area contributed by atoms with Gasteiger partial charge in [0.15, 0.2) is 0 Å². The SMILES string of the molecule is O=C(NCc1cccc2ccccc12)c1ccc(Cl)c(S(=O)(=O)N2CCCCCC2)c1. The largest absolute Gasteiger partial charge is 0.348 e. The summed E-state index contributed by atoms with van der Waals surface area (Å²) < 4.78 is 27.8. The van der Waals surface area contributed by atoms with Crippen LogP contribution in [0.3, 0.4) is 0 Å². The van der Waals surface area contributed by atoms with E-state index >= 15 is 0 Å². The van der Waals surface area contributed by atoms with Crippen LogP contribution in [0.2, 0.25) is 5.02 Å². The Morgan fingerprint density at radius 2 is 1.65 bits per heavy atom. The van der Waals surface area contributed by atoms with E-state index in [1.165, 1.54) is 16.4 Å². The monoisotopic (exact) mass is 456 g/mol. The molecule has 162 valence electrons. The smallest absolute Gasteiger partial charge is 0.251 e. The van der Waals surface area contributed by atoms with E-state index in [1.54, 1.807) is 6.07 Å². The second kappa shape index (κ2) is 9.39. The van der Waals surface area contributed by atoms with Gasteiger partial charge in [0.1, 0.15) is 4.90 Å². The van der Waals surface area contributed by atoms with E-state index in [9.17, 15) is 13.2 Å². The molecular formula is C24H25ClN2O3S. The van der Waals surface area contributed by atoms with Crippen molar-refractivity contribution in [2.24, 2.45) is 0 Å². The van der Waals surface area contributed by atoms with Crippen LogP contribution >= 0.6 is 11.6 Å². The molecule has 1 aliphatic heterocycles. The lowest BCUT2D eigenvalue weighted by molar-refractivity contribution is 0.0951. The highest BCUT2D eigenvalue weighted by molar-refractivity contribution is 7.89. The summed E-state index contributed by atoms with van der Waals surface area (Å²) in [6.07, 6.45) is 3.72. The summed E-state index contributed by atoms with van der Waals surface area (Å²) in [5, 5.41) is 5.22. The Balaban J connectivity index is 1.55. The van der Waals surface area contributed by atoms with E-state index < -0.39 is 10.0 Å². The maximum atomic E-state index is 13.2. The Kier molecular flexibility index (Phi) is 6.60. The molecule has 1 heterocycles. The standard InChI is InChI=1S/C24H25ClN2O3S/c25-22-13-12-19(16-23(22)31(29,30)27-14-5-1-2-6-15-27)24(28)26-17-20-10-7-9-18-8-3-4-11-21(18)20/h3-4,7-13,16H,1-2,5-6,14-15,17H2,(H,26,28). The summed E-state index contributed by atoms with van der Waals surface area (Å²) in [6.45, 7) is 1.31. The molecule has 1 fully saturated rings. The van der Waals surface area contributed by atoms with Crippen molar-refractivity contribution in [3.8, 4) is 0 Å². The molecule has 1 aliphatic rings. The maximum Gasteiger partial charge on any atom is 0.251 e. The van der Waals surface area contributed by atoms with Crippen molar-refractivity contribution in [2.45, 2.75) is 37.1 Å². The van der Waals surface area contributed by atoms with E-state index in [0.717, 1.165) is 42.0 Å². The molecule has 0 radical (unpaired) electrons. The van der Waals surface area contributed by atoms with Crippen molar-refractivity contribution in [3.63, 3.8) is 0 Å². The number of amides is 1. The Labute approximate surface area is 188 Å². The number of halogens is 1. The lowest BCUT2D eigenvalue weighted by Gasteiger charge is -2.21. The quantitative estimate of drug-likeness (QED) is 0.588. The normalized spacial score (nSPS) is 15.5. The molecule has 3 aromatic rings. The zero-order valence-electron chi connectivity index (χ0n) is 17.2. The molecule has 0 aromatic heterocycles. The first-order valence-electron chi connectivity index (χ1n) is 10.5. The Hall–Kier alpha value is -2.41. The van der Waals surface area contributed by atoms with Gasteiger partial charge in [0.25, 0.3) is 5.91 Å². The molecule has 4 rings (SSSR count). The van der Waals surface area contributed by atoms with Crippen molar-refractivity contribution in [1.29, 1.82) is 0 Å². The summed E-state index contributed by atoms with van der Waals surface area (Å²) in [5.74, 6) is -0.336. The molecule has 1 saturated heterocycles. The zero-order chi connectivity index (χ0) is 21.8. The molecule has 7 heteroatoms. The molecule has 0 atom stereocenters. The molecule has 1 N–H and O–H groups in total. The van der Waals surface area contributed by atoms with Crippen LogP contribution in [0.15, 0.2) is 65.6 Å². The first-order valence-corrected chi connectivity index (χ1v) is 12.3. The minimum absolute atomic E-state index is 0.00567. The van der Waals surface area contributed by atoms with Gasteiger partial charge in [0.05, 0.1) is 5.02 Å². The van der Waals surface area contributed by atoms with Gasteiger partial charge in [-0.15, -0.1) is 0 Å².